The molecule has 1 heterocycles. The quantitative estimate of drug-likeness (QED) is 0.799. The second-order valence-electron chi connectivity index (χ2n) is 6.22. The zero-order valence-corrected chi connectivity index (χ0v) is 14.7. The molecular weight excluding hydrogens is 349 g/mol. The van der Waals surface area contributed by atoms with Gasteiger partial charge in [-0.15, -0.1) is 0 Å². The van der Waals surface area contributed by atoms with E-state index >= 15 is 0 Å². The SMILES string of the molecule is COc1ccccc1CC(=O)N1CCCN(C(=O)CCC(F)(F)F)CC1. The highest BCUT2D eigenvalue weighted by Gasteiger charge is 2.30. The first-order valence-electron chi connectivity index (χ1n) is 8.54. The van der Waals surface area contributed by atoms with Gasteiger partial charge in [0.25, 0.3) is 0 Å². The minimum Gasteiger partial charge on any atom is -0.496 e. The maximum Gasteiger partial charge on any atom is 0.389 e. The molecule has 5 nitrogen and oxygen atoms in total. The molecule has 1 fully saturated rings. The number of carbonyl (C=O) groups excluding carboxylic acids is 2. The van der Waals surface area contributed by atoms with Crippen LogP contribution in [0.3, 0.4) is 0 Å². The van der Waals surface area contributed by atoms with Crippen molar-refractivity contribution in [3.05, 3.63) is 29.8 Å². The van der Waals surface area contributed by atoms with Gasteiger partial charge < -0.3 is 14.5 Å². The topological polar surface area (TPSA) is 49.9 Å². The highest BCUT2D eigenvalue weighted by molar-refractivity contribution is 5.80. The van der Waals surface area contributed by atoms with Crippen molar-refractivity contribution in [2.45, 2.75) is 31.9 Å². The molecule has 8 heteroatoms. The Bertz CT molecular complexity index is 634. The Hall–Kier alpha value is -2.25. The molecule has 1 aliphatic heterocycles. The van der Waals surface area contributed by atoms with Gasteiger partial charge >= 0.3 is 6.18 Å². The first-order chi connectivity index (χ1) is 12.3. The molecule has 0 radical (unpaired) electrons. The standard InChI is InChI=1S/C18H23F3N2O3/c1-26-15-6-3-2-5-14(15)13-17(25)23-10-4-9-22(11-12-23)16(24)7-8-18(19,20)21/h2-3,5-6H,4,7-13H2,1H3. The van der Waals surface area contributed by atoms with Crippen LogP contribution in [0.2, 0.25) is 0 Å². The number of benzene rings is 1. The summed E-state index contributed by atoms with van der Waals surface area (Å²) in [6.07, 6.45) is -5.25. The molecule has 1 aromatic carbocycles. The van der Waals surface area contributed by atoms with Crippen LogP contribution >= 0.6 is 0 Å². The Labute approximate surface area is 150 Å². The van der Waals surface area contributed by atoms with Gasteiger partial charge in [0.05, 0.1) is 20.0 Å². The van der Waals surface area contributed by atoms with Crippen molar-refractivity contribution >= 4 is 11.8 Å². The summed E-state index contributed by atoms with van der Waals surface area (Å²) >= 11 is 0. The fourth-order valence-corrected chi connectivity index (χ4v) is 2.95. The third-order valence-electron chi connectivity index (χ3n) is 4.36. The molecule has 2 rings (SSSR count). The van der Waals surface area contributed by atoms with Crippen molar-refractivity contribution in [2.75, 3.05) is 33.3 Å². The van der Waals surface area contributed by atoms with Gasteiger partial charge in [0.2, 0.25) is 11.8 Å². The van der Waals surface area contributed by atoms with E-state index in [0.717, 1.165) is 5.56 Å². The molecule has 0 N–H and O–H groups in total. The van der Waals surface area contributed by atoms with Crippen LogP contribution in [-0.2, 0) is 16.0 Å². The first kappa shape index (κ1) is 20.1. The fourth-order valence-electron chi connectivity index (χ4n) is 2.95. The number of ether oxygens (including phenoxy) is 1. The number of nitrogens with zero attached hydrogens (tertiary/aromatic N) is 2. The Morgan fingerprint density at radius 3 is 2.27 bits per heavy atom. The smallest absolute Gasteiger partial charge is 0.389 e. The highest BCUT2D eigenvalue weighted by Crippen LogP contribution is 2.22. The molecule has 0 unspecified atom stereocenters. The molecule has 144 valence electrons. The number of amides is 2. The predicted octanol–water partition coefficient (Wildman–Crippen LogP) is 2.64. The van der Waals surface area contributed by atoms with Crippen molar-refractivity contribution in [3.8, 4) is 5.75 Å². The van der Waals surface area contributed by atoms with Crippen molar-refractivity contribution in [1.29, 1.82) is 0 Å². The third-order valence-corrected chi connectivity index (χ3v) is 4.36. The van der Waals surface area contributed by atoms with Gasteiger partial charge in [0.1, 0.15) is 5.75 Å². The number of hydrogen-bond acceptors (Lipinski definition) is 3. The van der Waals surface area contributed by atoms with Crippen LogP contribution in [0.15, 0.2) is 24.3 Å². The van der Waals surface area contributed by atoms with Gasteiger partial charge in [-0.1, -0.05) is 18.2 Å². The van der Waals surface area contributed by atoms with E-state index in [1.165, 1.54) is 4.90 Å². The number of para-hydroxylation sites is 1. The zero-order valence-electron chi connectivity index (χ0n) is 14.7. The molecule has 0 aliphatic carbocycles. The molecule has 2 amide bonds. The number of rotatable bonds is 5. The van der Waals surface area contributed by atoms with Gasteiger partial charge in [-0.25, -0.2) is 0 Å². The summed E-state index contributed by atoms with van der Waals surface area (Å²) in [6, 6.07) is 7.26. The number of alkyl halides is 3. The molecule has 0 aromatic heterocycles. The Kier molecular flexibility index (Phi) is 6.88. The van der Waals surface area contributed by atoms with E-state index in [1.807, 2.05) is 18.2 Å². The van der Waals surface area contributed by atoms with Crippen LogP contribution in [0.5, 0.6) is 5.75 Å². The summed E-state index contributed by atoms with van der Waals surface area (Å²) in [5.74, 6) is 0.0417. The molecule has 0 bridgehead atoms. The van der Waals surface area contributed by atoms with Crippen LogP contribution in [0.1, 0.15) is 24.8 Å². The van der Waals surface area contributed by atoms with Crippen LogP contribution in [0.4, 0.5) is 13.2 Å². The van der Waals surface area contributed by atoms with Gasteiger partial charge in [-0.3, -0.25) is 9.59 Å². The maximum absolute atomic E-state index is 12.5. The molecule has 1 saturated heterocycles. The lowest BCUT2D eigenvalue weighted by Gasteiger charge is -2.23. The second kappa shape index (κ2) is 8.91. The number of methoxy groups -OCH3 is 1. The summed E-state index contributed by atoms with van der Waals surface area (Å²) in [5.41, 5.74) is 0.780. The Morgan fingerprint density at radius 1 is 1.04 bits per heavy atom. The van der Waals surface area contributed by atoms with E-state index in [-0.39, 0.29) is 18.9 Å². The van der Waals surface area contributed by atoms with E-state index in [2.05, 4.69) is 0 Å². The largest absolute Gasteiger partial charge is 0.496 e. The van der Waals surface area contributed by atoms with Gasteiger partial charge in [0, 0.05) is 38.2 Å². The number of carbonyl (C=O) groups is 2. The molecule has 0 atom stereocenters. The number of halogens is 3. The van der Waals surface area contributed by atoms with E-state index in [4.69, 9.17) is 4.74 Å². The molecule has 1 aliphatic rings. The maximum atomic E-state index is 12.5. The molecule has 0 spiro atoms. The molecule has 0 saturated carbocycles. The zero-order chi connectivity index (χ0) is 19.2. The Morgan fingerprint density at radius 2 is 1.65 bits per heavy atom. The van der Waals surface area contributed by atoms with Crippen LogP contribution in [0, 0.1) is 0 Å². The lowest BCUT2D eigenvalue weighted by atomic mass is 10.1. The van der Waals surface area contributed by atoms with Crippen molar-refractivity contribution in [2.24, 2.45) is 0 Å². The average molecular weight is 372 g/mol. The van der Waals surface area contributed by atoms with Gasteiger partial charge in [0.15, 0.2) is 0 Å². The van der Waals surface area contributed by atoms with Crippen molar-refractivity contribution < 1.29 is 27.5 Å². The summed E-state index contributed by atoms with van der Waals surface area (Å²) in [6.45, 7) is 1.44. The van der Waals surface area contributed by atoms with Crippen LogP contribution < -0.4 is 4.74 Å². The monoisotopic (exact) mass is 372 g/mol. The van der Waals surface area contributed by atoms with E-state index in [9.17, 15) is 22.8 Å². The molecule has 26 heavy (non-hydrogen) atoms. The van der Waals surface area contributed by atoms with Crippen molar-refractivity contribution in [1.82, 2.24) is 9.80 Å². The third kappa shape index (κ3) is 5.93. The highest BCUT2D eigenvalue weighted by atomic mass is 19.4. The average Bonchev–Trinajstić information content (AvgIpc) is 2.85. The summed E-state index contributed by atoms with van der Waals surface area (Å²) in [4.78, 5) is 27.6. The first-order valence-corrected chi connectivity index (χ1v) is 8.54. The van der Waals surface area contributed by atoms with Gasteiger partial charge in [-0.05, 0) is 12.5 Å². The lowest BCUT2D eigenvalue weighted by molar-refractivity contribution is -0.149. The second-order valence-corrected chi connectivity index (χ2v) is 6.22. The predicted molar refractivity (Wildman–Crippen MR) is 89.8 cm³/mol. The molecule has 1 aromatic rings. The van der Waals surface area contributed by atoms with E-state index < -0.39 is 24.9 Å². The van der Waals surface area contributed by atoms with Gasteiger partial charge in [-0.2, -0.15) is 13.2 Å². The normalized spacial score (nSPS) is 15.5. The lowest BCUT2D eigenvalue weighted by Crippen LogP contribution is -2.38. The molecular formula is C18H23F3N2O3. The minimum absolute atomic E-state index is 0.0842. The van der Waals surface area contributed by atoms with E-state index in [1.54, 1.807) is 18.1 Å². The summed E-state index contributed by atoms with van der Waals surface area (Å²) < 4.78 is 42.0. The fraction of sp³-hybridized carbons (Fsp3) is 0.556. The van der Waals surface area contributed by atoms with E-state index in [0.29, 0.717) is 31.8 Å². The number of hydrogen-bond donors (Lipinski definition) is 0. The Balaban J connectivity index is 1.89. The minimum atomic E-state index is -4.34. The van der Waals surface area contributed by atoms with Crippen LogP contribution in [-0.4, -0.2) is 61.1 Å². The van der Waals surface area contributed by atoms with Crippen LogP contribution in [0.25, 0.3) is 0 Å². The summed E-state index contributed by atoms with van der Waals surface area (Å²) in [7, 11) is 1.54. The summed E-state index contributed by atoms with van der Waals surface area (Å²) in [5, 5.41) is 0. The van der Waals surface area contributed by atoms with Crippen molar-refractivity contribution in [3.63, 3.8) is 0 Å².